The van der Waals surface area contributed by atoms with Crippen molar-refractivity contribution in [3.8, 4) is 0 Å². The minimum absolute atomic E-state index is 0.00900. The van der Waals surface area contributed by atoms with Crippen LogP contribution in [0.5, 0.6) is 0 Å². The molecule has 3 amide bonds. The maximum atomic E-state index is 13.0. The molecule has 1 aromatic carbocycles. The molecule has 162 valence electrons. The van der Waals surface area contributed by atoms with Gasteiger partial charge in [-0.05, 0) is 17.4 Å². The lowest BCUT2D eigenvalue weighted by Gasteiger charge is -2.32. The van der Waals surface area contributed by atoms with E-state index in [1.165, 1.54) is 7.11 Å². The van der Waals surface area contributed by atoms with Crippen LogP contribution < -0.4 is 16.0 Å². The molecule has 8 heteroatoms. The van der Waals surface area contributed by atoms with Crippen LogP contribution in [0.15, 0.2) is 30.3 Å². The molecule has 0 fully saturated rings. The second-order valence-electron chi connectivity index (χ2n) is 7.96. The van der Waals surface area contributed by atoms with Gasteiger partial charge in [0.2, 0.25) is 11.8 Å². The van der Waals surface area contributed by atoms with E-state index in [1.807, 2.05) is 51.1 Å². The number of hydrogen-bond acceptors (Lipinski definition) is 5. The molecule has 8 nitrogen and oxygen atoms in total. The van der Waals surface area contributed by atoms with Crippen molar-refractivity contribution in [2.24, 2.45) is 5.41 Å². The Morgan fingerprint density at radius 2 is 1.72 bits per heavy atom. The van der Waals surface area contributed by atoms with Gasteiger partial charge in [0.15, 0.2) is 0 Å². The predicted octanol–water partition coefficient (Wildman–Crippen LogP) is 1.37. The lowest BCUT2D eigenvalue weighted by atomic mass is 9.85. The fourth-order valence-electron chi connectivity index (χ4n) is 2.76. The molecule has 1 rings (SSSR count). The molecule has 0 unspecified atom stereocenters. The maximum Gasteiger partial charge on any atom is 0.407 e. The van der Waals surface area contributed by atoms with Crippen LogP contribution >= 0.6 is 0 Å². The van der Waals surface area contributed by atoms with Crippen LogP contribution in [0.25, 0.3) is 0 Å². The van der Waals surface area contributed by atoms with Gasteiger partial charge in [-0.25, -0.2) is 4.79 Å². The Morgan fingerprint density at radius 3 is 2.24 bits per heavy atom. The first-order chi connectivity index (χ1) is 13.6. The standard InChI is InChI=1S/C21H33N3O5/c1-6-17(26)22-13-16(25)15(12-14-10-8-7-9-11-14)23-19(27)18(21(2,3)4)24-20(28)29-5/h7-11,15-16,18,25H,6,12-13H2,1-5H3,(H,22,26)(H,23,27)(H,24,28)/t15-,16-,18+/m0/s1. The highest BCUT2D eigenvalue weighted by molar-refractivity contribution is 5.86. The first kappa shape index (κ1) is 24.4. The average Bonchev–Trinajstić information content (AvgIpc) is 2.68. The largest absolute Gasteiger partial charge is 0.453 e. The number of alkyl carbamates (subject to hydrolysis) is 1. The van der Waals surface area contributed by atoms with E-state index in [0.717, 1.165) is 5.56 Å². The van der Waals surface area contributed by atoms with Crippen LogP contribution in [0.1, 0.15) is 39.7 Å². The normalized spacial score (nSPS) is 14.3. The molecule has 0 aromatic heterocycles. The average molecular weight is 408 g/mol. The fourth-order valence-corrected chi connectivity index (χ4v) is 2.76. The second kappa shape index (κ2) is 11.4. The smallest absolute Gasteiger partial charge is 0.407 e. The van der Waals surface area contributed by atoms with Crippen molar-refractivity contribution < 1.29 is 24.2 Å². The second-order valence-corrected chi connectivity index (χ2v) is 7.96. The highest BCUT2D eigenvalue weighted by Crippen LogP contribution is 2.20. The van der Waals surface area contributed by atoms with Crippen LogP contribution in [0, 0.1) is 5.41 Å². The molecular weight excluding hydrogens is 374 g/mol. The van der Waals surface area contributed by atoms with Crippen molar-refractivity contribution in [2.75, 3.05) is 13.7 Å². The summed E-state index contributed by atoms with van der Waals surface area (Å²) in [6.07, 6.45) is -1.05. The van der Waals surface area contributed by atoms with Crippen LogP contribution in [0.2, 0.25) is 0 Å². The minimum atomic E-state index is -1.01. The molecule has 1 aromatic rings. The third-order valence-corrected chi connectivity index (χ3v) is 4.50. The zero-order valence-electron chi connectivity index (χ0n) is 17.8. The van der Waals surface area contributed by atoms with Gasteiger partial charge in [0.05, 0.1) is 19.3 Å². The zero-order valence-corrected chi connectivity index (χ0v) is 17.8. The third-order valence-electron chi connectivity index (χ3n) is 4.50. The van der Waals surface area contributed by atoms with E-state index in [1.54, 1.807) is 6.92 Å². The van der Waals surface area contributed by atoms with Crippen molar-refractivity contribution in [2.45, 2.75) is 58.7 Å². The number of aliphatic hydroxyl groups is 1. The van der Waals surface area contributed by atoms with Gasteiger partial charge in [-0.1, -0.05) is 58.0 Å². The van der Waals surface area contributed by atoms with Crippen molar-refractivity contribution in [3.05, 3.63) is 35.9 Å². The molecule has 0 bridgehead atoms. The number of amides is 3. The van der Waals surface area contributed by atoms with Gasteiger partial charge in [-0.3, -0.25) is 9.59 Å². The summed E-state index contributed by atoms with van der Waals surface area (Å²) in [7, 11) is 1.23. The van der Waals surface area contributed by atoms with Gasteiger partial charge in [-0.2, -0.15) is 0 Å². The molecule has 0 aliphatic heterocycles. The van der Waals surface area contributed by atoms with E-state index in [2.05, 4.69) is 20.7 Å². The Balaban J connectivity index is 2.98. The molecular formula is C21H33N3O5. The van der Waals surface area contributed by atoms with Gasteiger partial charge in [0, 0.05) is 13.0 Å². The number of rotatable bonds is 9. The summed E-state index contributed by atoms with van der Waals surface area (Å²) in [4.78, 5) is 36.2. The van der Waals surface area contributed by atoms with E-state index in [0.29, 0.717) is 12.8 Å². The molecule has 0 spiro atoms. The number of hydrogen-bond donors (Lipinski definition) is 4. The summed E-state index contributed by atoms with van der Waals surface area (Å²) in [6, 6.07) is 7.88. The molecule has 29 heavy (non-hydrogen) atoms. The van der Waals surface area contributed by atoms with E-state index >= 15 is 0 Å². The molecule has 4 N–H and O–H groups in total. The lowest BCUT2D eigenvalue weighted by molar-refractivity contribution is -0.127. The van der Waals surface area contributed by atoms with E-state index in [4.69, 9.17) is 0 Å². The summed E-state index contributed by atoms with van der Waals surface area (Å²) < 4.78 is 4.62. The van der Waals surface area contributed by atoms with Crippen molar-refractivity contribution in [1.29, 1.82) is 0 Å². The number of nitrogens with one attached hydrogen (secondary N) is 3. The van der Waals surface area contributed by atoms with Crippen molar-refractivity contribution in [3.63, 3.8) is 0 Å². The van der Waals surface area contributed by atoms with Crippen LogP contribution in [-0.2, 0) is 20.7 Å². The van der Waals surface area contributed by atoms with Crippen molar-refractivity contribution in [1.82, 2.24) is 16.0 Å². The lowest BCUT2D eigenvalue weighted by Crippen LogP contribution is -2.58. The number of ether oxygens (including phenoxy) is 1. The zero-order chi connectivity index (χ0) is 22.0. The molecule has 3 atom stereocenters. The topological polar surface area (TPSA) is 117 Å². The van der Waals surface area contributed by atoms with E-state index in [-0.39, 0.29) is 12.5 Å². The molecule has 0 saturated heterocycles. The fraction of sp³-hybridized carbons (Fsp3) is 0.571. The summed E-state index contributed by atoms with van der Waals surface area (Å²) in [5.41, 5.74) is 0.337. The van der Waals surface area contributed by atoms with Crippen LogP contribution in [0.4, 0.5) is 4.79 Å². The van der Waals surface area contributed by atoms with Gasteiger partial charge in [0.25, 0.3) is 0 Å². The van der Waals surface area contributed by atoms with Crippen molar-refractivity contribution >= 4 is 17.9 Å². The van der Waals surface area contributed by atoms with E-state index in [9.17, 15) is 19.5 Å². The molecule has 0 radical (unpaired) electrons. The van der Waals surface area contributed by atoms with Gasteiger partial charge in [-0.15, -0.1) is 0 Å². The van der Waals surface area contributed by atoms with Gasteiger partial charge in [0.1, 0.15) is 6.04 Å². The first-order valence-corrected chi connectivity index (χ1v) is 9.72. The summed E-state index contributed by atoms with van der Waals surface area (Å²) >= 11 is 0. The Kier molecular flexibility index (Phi) is 9.61. The predicted molar refractivity (Wildman–Crippen MR) is 110 cm³/mol. The van der Waals surface area contributed by atoms with Crippen LogP contribution in [-0.4, -0.2) is 54.9 Å². The third kappa shape index (κ3) is 8.51. The first-order valence-electron chi connectivity index (χ1n) is 9.72. The Bertz CT molecular complexity index is 673. The highest BCUT2D eigenvalue weighted by Gasteiger charge is 2.35. The SMILES string of the molecule is CCC(=O)NC[C@H](O)[C@H](Cc1ccccc1)NC(=O)[C@@H](NC(=O)OC)C(C)(C)C. The number of carbonyl (C=O) groups excluding carboxylic acids is 3. The number of methoxy groups -OCH3 is 1. The maximum absolute atomic E-state index is 13.0. The molecule has 0 heterocycles. The number of aliphatic hydroxyl groups excluding tert-OH is 1. The number of carbonyl (C=O) groups is 3. The summed E-state index contributed by atoms with van der Waals surface area (Å²) in [6.45, 7) is 7.18. The number of benzene rings is 1. The van der Waals surface area contributed by atoms with E-state index < -0.39 is 35.6 Å². The quantitative estimate of drug-likeness (QED) is 0.493. The Hall–Kier alpha value is -2.61. The molecule has 0 aliphatic carbocycles. The monoisotopic (exact) mass is 407 g/mol. The summed E-state index contributed by atoms with van der Waals surface area (Å²) in [5, 5.41) is 18.7. The van der Waals surface area contributed by atoms with Gasteiger partial charge < -0.3 is 25.8 Å². The minimum Gasteiger partial charge on any atom is -0.453 e. The molecule has 0 aliphatic rings. The highest BCUT2D eigenvalue weighted by atomic mass is 16.5. The Morgan fingerprint density at radius 1 is 1.10 bits per heavy atom. The van der Waals surface area contributed by atoms with Gasteiger partial charge >= 0.3 is 6.09 Å². The Labute approximate surface area is 172 Å². The van der Waals surface area contributed by atoms with Crippen LogP contribution in [0.3, 0.4) is 0 Å². The summed E-state index contributed by atoms with van der Waals surface area (Å²) in [5.74, 6) is -0.626. The molecule has 0 saturated carbocycles.